The molecule has 2 aromatic rings. The average Bonchev–Trinajstić information content (AvgIpc) is 2.84. The van der Waals surface area contributed by atoms with Gasteiger partial charge >= 0.3 is 0 Å². The van der Waals surface area contributed by atoms with Crippen molar-refractivity contribution in [2.75, 3.05) is 23.8 Å². The highest BCUT2D eigenvalue weighted by Crippen LogP contribution is 2.33. The van der Waals surface area contributed by atoms with Crippen LogP contribution in [0.2, 0.25) is 0 Å². The molecule has 0 spiro atoms. The molecule has 1 aliphatic carbocycles. The summed E-state index contributed by atoms with van der Waals surface area (Å²) in [6.07, 6.45) is 11.9. The van der Waals surface area contributed by atoms with Crippen molar-refractivity contribution in [1.29, 1.82) is 5.41 Å². The molecule has 4 heteroatoms. The molecule has 0 unspecified atom stereocenters. The maximum absolute atomic E-state index is 7.27. The maximum Gasteiger partial charge on any atom is 0.122 e. The minimum absolute atomic E-state index is 0.0806. The summed E-state index contributed by atoms with van der Waals surface area (Å²) in [5.41, 5.74) is 10.9. The summed E-state index contributed by atoms with van der Waals surface area (Å²) in [6, 6.07) is 16.7. The molecule has 1 fully saturated rings. The zero-order chi connectivity index (χ0) is 24.1. The fourth-order valence-corrected chi connectivity index (χ4v) is 4.18. The van der Waals surface area contributed by atoms with Gasteiger partial charge in [-0.3, -0.25) is 5.41 Å². The highest BCUT2D eigenvalue weighted by Gasteiger charge is 2.15. The molecule has 4 nitrogen and oxygen atoms in total. The van der Waals surface area contributed by atoms with Crippen molar-refractivity contribution in [3.8, 4) is 0 Å². The van der Waals surface area contributed by atoms with Crippen molar-refractivity contribution in [3.63, 3.8) is 0 Å². The molecule has 4 N–H and O–H groups in total. The highest BCUT2D eigenvalue weighted by molar-refractivity contribution is 5.95. The summed E-state index contributed by atoms with van der Waals surface area (Å²) in [4.78, 5) is 2.34. The van der Waals surface area contributed by atoms with Gasteiger partial charge in [0, 0.05) is 36.2 Å². The van der Waals surface area contributed by atoms with Crippen LogP contribution in [0.15, 0.2) is 73.5 Å². The lowest BCUT2D eigenvalue weighted by atomic mass is 9.84. The van der Waals surface area contributed by atoms with Crippen LogP contribution in [0.25, 0.3) is 0 Å². The normalized spacial score (nSPS) is 13.4. The van der Waals surface area contributed by atoms with Gasteiger partial charge in [-0.05, 0) is 80.0 Å². The number of rotatable bonds is 10. The zero-order valence-electron chi connectivity index (χ0n) is 20.6. The Bertz CT molecular complexity index is 861. The number of allylic oxidation sites excluding steroid dienone is 2. The van der Waals surface area contributed by atoms with Crippen LogP contribution in [0.1, 0.15) is 75.3 Å². The fraction of sp³-hybridized carbons (Fsp3) is 0.414. The highest BCUT2D eigenvalue weighted by atomic mass is 15.1. The van der Waals surface area contributed by atoms with Gasteiger partial charge in [0.15, 0.2) is 0 Å². The van der Waals surface area contributed by atoms with E-state index in [-0.39, 0.29) is 5.84 Å². The van der Waals surface area contributed by atoms with E-state index in [1.165, 1.54) is 44.2 Å². The first-order valence-electron chi connectivity index (χ1n) is 12.3. The van der Waals surface area contributed by atoms with E-state index in [9.17, 15) is 0 Å². The number of nitrogens with one attached hydrogen (secondary N) is 2. The first kappa shape index (κ1) is 26.2. The number of nitrogens with two attached hydrogens (primary N) is 1. The molecule has 2 aromatic carbocycles. The van der Waals surface area contributed by atoms with E-state index in [2.05, 4.69) is 61.6 Å². The minimum atomic E-state index is 0.0806. The molecular formula is C29H42N4. The van der Waals surface area contributed by atoms with Gasteiger partial charge in [0.05, 0.1) is 0 Å². The first-order chi connectivity index (χ1) is 15.9. The summed E-state index contributed by atoms with van der Waals surface area (Å²) < 4.78 is 0. The van der Waals surface area contributed by atoms with Crippen LogP contribution in [0.4, 0.5) is 11.4 Å². The molecule has 1 aliphatic rings. The van der Waals surface area contributed by atoms with E-state index in [4.69, 9.17) is 11.1 Å². The van der Waals surface area contributed by atoms with Crippen LogP contribution < -0.4 is 16.0 Å². The molecule has 178 valence electrons. The van der Waals surface area contributed by atoms with E-state index in [0.29, 0.717) is 0 Å². The molecule has 0 heterocycles. The lowest BCUT2D eigenvalue weighted by molar-refractivity contribution is 0.443. The molecule has 1 saturated carbocycles. The molecule has 0 aromatic heterocycles. The van der Waals surface area contributed by atoms with Crippen LogP contribution in [0.3, 0.4) is 0 Å². The number of hydrogen-bond donors (Lipinski definition) is 3. The smallest absolute Gasteiger partial charge is 0.122 e. The lowest BCUT2D eigenvalue weighted by Crippen LogP contribution is -2.17. The Labute approximate surface area is 201 Å². The van der Waals surface area contributed by atoms with Crippen LogP contribution in [-0.4, -0.2) is 19.4 Å². The molecule has 0 aliphatic heterocycles. The topological polar surface area (TPSA) is 65.1 Å². The van der Waals surface area contributed by atoms with Crippen molar-refractivity contribution >= 4 is 17.2 Å². The van der Waals surface area contributed by atoms with Crippen molar-refractivity contribution in [2.24, 2.45) is 5.73 Å². The Morgan fingerprint density at radius 2 is 1.73 bits per heavy atom. The molecule has 0 amide bonds. The number of anilines is 2. The van der Waals surface area contributed by atoms with Crippen molar-refractivity contribution in [1.82, 2.24) is 0 Å². The van der Waals surface area contributed by atoms with Gasteiger partial charge in [0.25, 0.3) is 0 Å². The van der Waals surface area contributed by atoms with Crippen LogP contribution in [-0.2, 0) is 0 Å². The monoisotopic (exact) mass is 446 g/mol. The minimum Gasteiger partial charge on any atom is -0.384 e. The molecular weight excluding hydrogens is 404 g/mol. The largest absolute Gasteiger partial charge is 0.384 e. The van der Waals surface area contributed by atoms with Gasteiger partial charge in [-0.15, -0.1) is 6.58 Å². The molecule has 0 atom stereocenters. The summed E-state index contributed by atoms with van der Waals surface area (Å²) in [5, 5.41) is 10.5. The fourth-order valence-electron chi connectivity index (χ4n) is 4.18. The van der Waals surface area contributed by atoms with Gasteiger partial charge in [0.1, 0.15) is 5.84 Å². The Balaban J connectivity index is 0.000000234. The summed E-state index contributed by atoms with van der Waals surface area (Å²) in [5.74, 6) is 0.909. The van der Waals surface area contributed by atoms with Gasteiger partial charge in [-0.25, -0.2) is 0 Å². The quantitative estimate of drug-likeness (QED) is 0.202. The average molecular weight is 447 g/mol. The van der Waals surface area contributed by atoms with Crippen LogP contribution >= 0.6 is 0 Å². The number of hydrogen-bond acceptors (Lipinski definition) is 3. The predicted molar refractivity (Wildman–Crippen MR) is 145 cm³/mol. The van der Waals surface area contributed by atoms with E-state index >= 15 is 0 Å². The van der Waals surface area contributed by atoms with Gasteiger partial charge < -0.3 is 16.0 Å². The van der Waals surface area contributed by atoms with Crippen LogP contribution in [0.5, 0.6) is 0 Å². The Morgan fingerprint density at radius 3 is 2.27 bits per heavy atom. The Morgan fingerprint density at radius 1 is 1.09 bits per heavy atom. The third-order valence-corrected chi connectivity index (χ3v) is 6.14. The third-order valence-electron chi connectivity index (χ3n) is 6.14. The van der Waals surface area contributed by atoms with Crippen molar-refractivity contribution in [3.05, 3.63) is 84.6 Å². The number of benzene rings is 2. The summed E-state index contributed by atoms with van der Waals surface area (Å²) in [6.45, 7) is 11.0. The van der Waals surface area contributed by atoms with Crippen LogP contribution in [0, 0.1) is 5.41 Å². The summed E-state index contributed by atoms with van der Waals surface area (Å²) >= 11 is 0. The number of nitrogens with zero attached hydrogens (tertiary/aromatic N) is 1. The number of amidine groups is 1. The third kappa shape index (κ3) is 9.17. The lowest BCUT2D eigenvalue weighted by Gasteiger charge is -2.23. The molecule has 0 saturated heterocycles. The zero-order valence-corrected chi connectivity index (χ0v) is 20.6. The maximum atomic E-state index is 7.27. The molecule has 3 rings (SSSR count). The summed E-state index contributed by atoms with van der Waals surface area (Å²) in [7, 11) is 2.18. The van der Waals surface area contributed by atoms with Gasteiger partial charge in [-0.2, -0.15) is 0 Å². The van der Waals surface area contributed by atoms with E-state index in [0.717, 1.165) is 42.3 Å². The first-order valence-corrected chi connectivity index (χ1v) is 12.3. The van der Waals surface area contributed by atoms with Gasteiger partial charge in [0.2, 0.25) is 0 Å². The second-order valence-electron chi connectivity index (χ2n) is 8.89. The Kier molecular flexibility index (Phi) is 11.3. The van der Waals surface area contributed by atoms with E-state index in [1.807, 2.05) is 30.3 Å². The second-order valence-corrected chi connectivity index (χ2v) is 8.89. The predicted octanol–water partition coefficient (Wildman–Crippen LogP) is 7.44. The Hall–Kier alpha value is -3.01. The van der Waals surface area contributed by atoms with Crippen molar-refractivity contribution in [2.45, 2.75) is 64.2 Å². The molecule has 0 bridgehead atoms. The molecule has 0 radical (unpaired) electrons. The second kappa shape index (κ2) is 14.2. The van der Waals surface area contributed by atoms with Crippen molar-refractivity contribution < 1.29 is 0 Å². The van der Waals surface area contributed by atoms with E-state index in [1.54, 1.807) is 5.56 Å². The van der Waals surface area contributed by atoms with E-state index < -0.39 is 0 Å². The SMILES string of the molecule is C=CCCC(=C)Nc1ccc(C(=N)N)cc1.CCCN(C)c1ccc(C2CCCCC2)cc1. The molecule has 33 heavy (non-hydrogen) atoms. The van der Waals surface area contributed by atoms with Gasteiger partial charge in [-0.1, -0.05) is 51.0 Å². The standard InChI is InChI=1S/C16H25N.C13H17N3/c1-3-13-17(2)16-11-9-15(10-12-16)14-7-5-4-6-8-14;1-3-4-5-10(2)16-12-8-6-11(7-9-12)13(14)15/h9-12,14H,3-8,13H2,1-2H3;3,6-9,16H,1-2,4-5H2,(H3,14,15). The number of nitrogen functional groups attached to an aromatic ring is 1.